The maximum Gasteiger partial charge on any atom is 0.333 e. The second kappa shape index (κ2) is 7.52. The van der Waals surface area contributed by atoms with Crippen LogP contribution in [0.2, 0.25) is 0 Å². The number of methoxy groups -OCH3 is 1. The number of fused-ring (bicyclic) bond motifs is 1. The third-order valence-electron chi connectivity index (χ3n) is 5.79. The van der Waals surface area contributed by atoms with E-state index in [9.17, 15) is 9.59 Å². The van der Waals surface area contributed by atoms with Crippen LogP contribution in [-0.2, 0) is 19.1 Å². The molecule has 2 aliphatic rings. The van der Waals surface area contributed by atoms with Crippen LogP contribution in [0.1, 0.15) is 51.2 Å². The lowest BCUT2D eigenvalue weighted by atomic mass is 9.66. The van der Waals surface area contributed by atoms with E-state index in [1.165, 1.54) is 7.11 Å². The fraction of sp³-hybridized carbons (Fsp3) is 0.524. The fourth-order valence-electron chi connectivity index (χ4n) is 4.08. The van der Waals surface area contributed by atoms with Gasteiger partial charge in [-0.15, -0.1) is 0 Å². The average molecular weight is 358 g/mol. The fourth-order valence-corrected chi connectivity index (χ4v) is 4.08. The monoisotopic (exact) mass is 358 g/mol. The standard InChI is InChI=1S/C21H26O5/c1-14-7-8-17-20(23)26-18(15-9-11-25-13-15)12-21(17,2)10-5-4-6-16(14)19(22)24-3/h4-6,9,11,13-14,17-18H,7-8,10,12H2,1-3H3/b5-4-,16-6+/t14-,17-,18?,21-/m0/s1. The largest absolute Gasteiger partial charge is 0.472 e. The van der Waals surface area contributed by atoms with E-state index in [-0.39, 0.29) is 35.3 Å². The van der Waals surface area contributed by atoms with Crippen LogP contribution in [-0.4, -0.2) is 19.0 Å². The SMILES string of the molecule is COC(=O)/C1=C/C=C\C[C@@]2(C)CC(c3ccoc3)OC(=O)[C@@H]2CC[C@@H]1C. The number of allylic oxidation sites excluding steroid dienone is 3. The Hall–Kier alpha value is -2.30. The summed E-state index contributed by atoms with van der Waals surface area (Å²) in [7, 11) is 1.39. The highest BCUT2D eigenvalue weighted by molar-refractivity contribution is 5.89. The minimum atomic E-state index is -0.309. The molecule has 5 heteroatoms. The highest BCUT2D eigenvalue weighted by Gasteiger charge is 2.46. The van der Waals surface area contributed by atoms with Gasteiger partial charge in [-0.25, -0.2) is 4.79 Å². The smallest absolute Gasteiger partial charge is 0.333 e. The molecule has 0 radical (unpaired) electrons. The van der Waals surface area contributed by atoms with Crippen LogP contribution < -0.4 is 0 Å². The van der Waals surface area contributed by atoms with E-state index in [0.717, 1.165) is 24.8 Å². The quantitative estimate of drug-likeness (QED) is 0.735. The van der Waals surface area contributed by atoms with Gasteiger partial charge in [-0.3, -0.25) is 4.79 Å². The normalized spacial score (nSPS) is 35.4. The molecule has 0 bridgehead atoms. The molecule has 1 fully saturated rings. The van der Waals surface area contributed by atoms with Crippen molar-refractivity contribution in [2.45, 2.75) is 45.6 Å². The number of hydrogen-bond donors (Lipinski definition) is 0. The first-order chi connectivity index (χ1) is 12.4. The van der Waals surface area contributed by atoms with E-state index in [0.29, 0.717) is 12.0 Å². The minimum absolute atomic E-state index is 0.0221. The first-order valence-corrected chi connectivity index (χ1v) is 9.12. The van der Waals surface area contributed by atoms with Crippen LogP contribution in [0.4, 0.5) is 0 Å². The molecule has 26 heavy (non-hydrogen) atoms. The van der Waals surface area contributed by atoms with Gasteiger partial charge in [0.15, 0.2) is 0 Å². The molecule has 4 atom stereocenters. The predicted molar refractivity (Wildman–Crippen MR) is 96.0 cm³/mol. The van der Waals surface area contributed by atoms with Gasteiger partial charge in [0, 0.05) is 11.1 Å². The Balaban J connectivity index is 1.87. The molecular weight excluding hydrogens is 332 g/mol. The molecule has 0 saturated carbocycles. The van der Waals surface area contributed by atoms with Gasteiger partial charge in [0.1, 0.15) is 6.10 Å². The summed E-state index contributed by atoms with van der Waals surface area (Å²) < 4.78 is 15.8. The van der Waals surface area contributed by atoms with Crippen LogP contribution in [0.3, 0.4) is 0 Å². The summed E-state index contributed by atoms with van der Waals surface area (Å²) in [6.07, 6.45) is 11.7. The lowest BCUT2D eigenvalue weighted by Crippen LogP contribution is -2.42. The lowest BCUT2D eigenvalue weighted by Gasteiger charge is -2.43. The zero-order chi connectivity index (χ0) is 18.7. The summed E-state index contributed by atoms with van der Waals surface area (Å²) in [6.45, 7) is 4.16. The number of rotatable bonds is 2. The molecule has 0 aromatic carbocycles. The van der Waals surface area contributed by atoms with Crippen molar-refractivity contribution in [2.75, 3.05) is 7.11 Å². The number of furan rings is 1. The summed E-state index contributed by atoms with van der Waals surface area (Å²) in [5.74, 6) is -0.630. The second-order valence-electron chi connectivity index (χ2n) is 7.62. The minimum Gasteiger partial charge on any atom is -0.472 e. The molecule has 1 aromatic heterocycles. The molecule has 2 heterocycles. The summed E-state index contributed by atoms with van der Waals surface area (Å²) in [4.78, 5) is 24.8. The summed E-state index contributed by atoms with van der Waals surface area (Å²) in [6, 6.07) is 1.85. The van der Waals surface area contributed by atoms with Gasteiger partial charge in [-0.2, -0.15) is 0 Å². The van der Waals surface area contributed by atoms with Crippen molar-refractivity contribution in [3.63, 3.8) is 0 Å². The first-order valence-electron chi connectivity index (χ1n) is 9.12. The zero-order valence-electron chi connectivity index (χ0n) is 15.6. The maximum absolute atomic E-state index is 12.8. The molecule has 1 saturated heterocycles. The molecule has 0 amide bonds. The Kier molecular flexibility index (Phi) is 5.35. The highest BCUT2D eigenvalue weighted by atomic mass is 16.5. The van der Waals surface area contributed by atoms with E-state index < -0.39 is 0 Å². The van der Waals surface area contributed by atoms with Gasteiger partial charge < -0.3 is 13.9 Å². The zero-order valence-corrected chi connectivity index (χ0v) is 15.6. The van der Waals surface area contributed by atoms with Crippen molar-refractivity contribution in [3.05, 3.63) is 48.0 Å². The second-order valence-corrected chi connectivity index (χ2v) is 7.62. The van der Waals surface area contributed by atoms with Crippen molar-refractivity contribution < 1.29 is 23.5 Å². The van der Waals surface area contributed by atoms with Crippen molar-refractivity contribution in [1.82, 2.24) is 0 Å². The van der Waals surface area contributed by atoms with Crippen molar-refractivity contribution >= 4 is 11.9 Å². The number of esters is 2. The Morgan fingerprint density at radius 2 is 2.15 bits per heavy atom. The van der Waals surface area contributed by atoms with Crippen LogP contribution in [0.5, 0.6) is 0 Å². The molecular formula is C21H26O5. The van der Waals surface area contributed by atoms with Gasteiger partial charge in [0.25, 0.3) is 0 Å². The molecule has 140 valence electrons. The maximum atomic E-state index is 12.8. The topological polar surface area (TPSA) is 65.7 Å². The molecule has 1 aliphatic carbocycles. The molecule has 0 N–H and O–H groups in total. The van der Waals surface area contributed by atoms with E-state index >= 15 is 0 Å². The Morgan fingerprint density at radius 1 is 1.35 bits per heavy atom. The van der Waals surface area contributed by atoms with Crippen LogP contribution in [0.15, 0.2) is 46.8 Å². The van der Waals surface area contributed by atoms with Crippen molar-refractivity contribution in [1.29, 1.82) is 0 Å². The average Bonchev–Trinajstić information content (AvgIpc) is 3.14. The third-order valence-corrected chi connectivity index (χ3v) is 5.79. The Morgan fingerprint density at radius 3 is 2.85 bits per heavy atom. The van der Waals surface area contributed by atoms with Crippen molar-refractivity contribution in [3.8, 4) is 0 Å². The third kappa shape index (κ3) is 3.62. The van der Waals surface area contributed by atoms with Gasteiger partial charge in [0.05, 0.1) is 25.6 Å². The van der Waals surface area contributed by atoms with E-state index in [2.05, 4.69) is 6.92 Å². The van der Waals surface area contributed by atoms with Crippen molar-refractivity contribution in [2.24, 2.45) is 17.3 Å². The molecule has 1 unspecified atom stereocenters. The van der Waals surface area contributed by atoms with Gasteiger partial charge in [-0.1, -0.05) is 32.1 Å². The first kappa shape index (κ1) is 18.5. The van der Waals surface area contributed by atoms with Crippen LogP contribution in [0, 0.1) is 17.3 Å². The Bertz CT molecular complexity index is 715. The lowest BCUT2D eigenvalue weighted by molar-refractivity contribution is -0.173. The van der Waals surface area contributed by atoms with E-state index in [1.807, 2.05) is 31.2 Å². The number of cyclic esters (lactones) is 1. The Labute approximate surface area is 154 Å². The highest BCUT2D eigenvalue weighted by Crippen LogP contribution is 2.49. The number of hydrogen-bond acceptors (Lipinski definition) is 5. The number of carbonyl (C=O) groups is 2. The van der Waals surface area contributed by atoms with E-state index in [1.54, 1.807) is 12.5 Å². The molecule has 1 aromatic rings. The molecule has 0 spiro atoms. The van der Waals surface area contributed by atoms with Gasteiger partial charge in [0.2, 0.25) is 0 Å². The summed E-state index contributed by atoms with van der Waals surface area (Å²) in [5, 5.41) is 0. The molecule has 5 nitrogen and oxygen atoms in total. The van der Waals surface area contributed by atoms with Crippen LogP contribution in [0.25, 0.3) is 0 Å². The molecule has 3 rings (SSSR count). The summed E-state index contributed by atoms with van der Waals surface area (Å²) in [5.41, 5.74) is 1.36. The summed E-state index contributed by atoms with van der Waals surface area (Å²) >= 11 is 0. The van der Waals surface area contributed by atoms with Gasteiger partial charge in [-0.05, 0) is 43.1 Å². The predicted octanol–water partition coefficient (Wildman–Crippen LogP) is 4.37. The number of carbonyl (C=O) groups excluding carboxylic acids is 2. The van der Waals surface area contributed by atoms with E-state index in [4.69, 9.17) is 13.9 Å². The molecule has 1 aliphatic heterocycles. The van der Waals surface area contributed by atoms with Gasteiger partial charge >= 0.3 is 11.9 Å². The number of ether oxygens (including phenoxy) is 2. The van der Waals surface area contributed by atoms with Crippen LogP contribution >= 0.6 is 0 Å².